The van der Waals surface area contributed by atoms with Crippen LogP contribution in [0, 0.1) is 0 Å². The van der Waals surface area contributed by atoms with Crippen LogP contribution in [-0.4, -0.2) is 35.3 Å². The molecule has 5 nitrogen and oxygen atoms in total. The van der Waals surface area contributed by atoms with Crippen LogP contribution in [0.25, 0.3) is 0 Å². The number of carbonyl (C=O) groups is 1. The topological polar surface area (TPSA) is 71.5 Å². The van der Waals surface area contributed by atoms with Crippen LogP contribution in [0.2, 0.25) is 0 Å². The van der Waals surface area contributed by atoms with Gasteiger partial charge in [-0.3, -0.25) is 4.79 Å². The zero-order valence-corrected chi connectivity index (χ0v) is 9.77. The summed E-state index contributed by atoms with van der Waals surface area (Å²) in [5.41, 5.74) is -0.232. The molecular formula is C12H16N2O3. The normalized spacial score (nSPS) is 17.1. The Labute approximate surface area is 99.8 Å². The Kier molecular flexibility index (Phi) is 3.28. The Morgan fingerprint density at radius 1 is 1.59 bits per heavy atom. The lowest BCUT2D eigenvalue weighted by Gasteiger charge is -2.36. The predicted molar refractivity (Wildman–Crippen MR) is 61.9 cm³/mol. The lowest BCUT2D eigenvalue weighted by atomic mass is 9.80. The van der Waals surface area contributed by atoms with Crippen molar-refractivity contribution in [3.63, 3.8) is 0 Å². The number of carbonyl (C=O) groups excluding carboxylic acids is 1. The fourth-order valence-electron chi connectivity index (χ4n) is 1.74. The zero-order chi connectivity index (χ0) is 12.3. The third-order valence-electron chi connectivity index (χ3n) is 3.07. The second kappa shape index (κ2) is 4.71. The number of nitrogens with zero attached hydrogens (tertiary/aromatic N) is 1. The first-order valence-corrected chi connectivity index (χ1v) is 5.64. The van der Waals surface area contributed by atoms with Gasteiger partial charge in [0.2, 0.25) is 5.88 Å². The quantitative estimate of drug-likeness (QED) is 0.808. The summed E-state index contributed by atoms with van der Waals surface area (Å²) in [7, 11) is 1.52. The van der Waals surface area contributed by atoms with Crippen molar-refractivity contribution in [2.75, 3.05) is 13.7 Å². The Bertz CT molecular complexity index is 399. The molecule has 2 N–H and O–H groups in total. The Balaban J connectivity index is 1.90. The lowest BCUT2D eigenvalue weighted by molar-refractivity contribution is -0.0300. The van der Waals surface area contributed by atoms with Crippen molar-refractivity contribution in [3.05, 3.63) is 23.9 Å². The van der Waals surface area contributed by atoms with Gasteiger partial charge in [-0.25, -0.2) is 4.98 Å². The second-order valence-electron chi connectivity index (χ2n) is 4.35. The minimum absolute atomic E-state index is 0.222. The van der Waals surface area contributed by atoms with Gasteiger partial charge < -0.3 is 15.2 Å². The summed E-state index contributed by atoms with van der Waals surface area (Å²) in [6, 6.07) is 3.28. The molecule has 1 aliphatic carbocycles. The molecule has 0 bridgehead atoms. The number of pyridine rings is 1. The molecule has 0 atom stereocenters. The molecule has 17 heavy (non-hydrogen) atoms. The van der Waals surface area contributed by atoms with E-state index < -0.39 is 5.60 Å². The van der Waals surface area contributed by atoms with E-state index in [2.05, 4.69) is 10.3 Å². The number of rotatable bonds is 4. The maximum atomic E-state index is 11.7. The molecule has 1 aromatic heterocycles. The molecule has 1 aliphatic rings. The lowest BCUT2D eigenvalue weighted by Crippen LogP contribution is -2.47. The molecule has 1 amide bonds. The van der Waals surface area contributed by atoms with Gasteiger partial charge in [0.15, 0.2) is 0 Å². The third kappa shape index (κ3) is 2.74. The van der Waals surface area contributed by atoms with E-state index >= 15 is 0 Å². The van der Waals surface area contributed by atoms with Crippen molar-refractivity contribution in [1.29, 1.82) is 0 Å². The van der Waals surface area contributed by atoms with E-state index in [1.807, 2.05) is 0 Å². The van der Waals surface area contributed by atoms with Crippen molar-refractivity contribution in [2.45, 2.75) is 24.9 Å². The summed E-state index contributed by atoms with van der Waals surface area (Å²) >= 11 is 0. The number of aromatic nitrogens is 1. The number of aliphatic hydroxyl groups is 1. The molecule has 0 saturated heterocycles. The first kappa shape index (κ1) is 11.9. The highest BCUT2D eigenvalue weighted by Gasteiger charge is 2.34. The van der Waals surface area contributed by atoms with Gasteiger partial charge in [-0.2, -0.15) is 0 Å². The molecular weight excluding hydrogens is 220 g/mol. The molecule has 2 rings (SSSR count). The second-order valence-corrected chi connectivity index (χ2v) is 4.35. The van der Waals surface area contributed by atoms with Gasteiger partial charge in [0.05, 0.1) is 18.3 Å². The minimum Gasteiger partial charge on any atom is -0.481 e. The van der Waals surface area contributed by atoms with Crippen LogP contribution in [0.1, 0.15) is 29.6 Å². The Morgan fingerprint density at radius 3 is 2.82 bits per heavy atom. The smallest absolute Gasteiger partial charge is 0.252 e. The number of methoxy groups -OCH3 is 1. The van der Waals surface area contributed by atoms with E-state index in [9.17, 15) is 9.90 Å². The first-order valence-electron chi connectivity index (χ1n) is 5.64. The van der Waals surface area contributed by atoms with Crippen LogP contribution >= 0.6 is 0 Å². The van der Waals surface area contributed by atoms with E-state index in [1.165, 1.54) is 13.3 Å². The highest BCUT2D eigenvalue weighted by atomic mass is 16.5. The third-order valence-corrected chi connectivity index (χ3v) is 3.07. The molecule has 1 fully saturated rings. The SMILES string of the molecule is COc1ccc(C(=O)NCC2(O)CCC2)cn1. The molecule has 5 heteroatoms. The molecule has 0 unspecified atom stereocenters. The highest BCUT2D eigenvalue weighted by molar-refractivity contribution is 5.93. The Hall–Kier alpha value is -1.62. The maximum Gasteiger partial charge on any atom is 0.252 e. The number of hydrogen-bond acceptors (Lipinski definition) is 4. The summed E-state index contributed by atoms with van der Waals surface area (Å²) in [4.78, 5) is 15.7. The Morgan fingerprint density at radius 2 is 2.35 bits per heavy atom. The van der Waals surface area contributed by atoms with Crippen LogP contribution < -0.4 is 10.1 Å². The van der Waals surface area contributed by atoms with Crippen LogP contribution in [0.3, 0.4) is 0 Å². The number of amides is 1. The first-order chi connectivity index (χ1) is 8.13. The van der Waals surface area contributed by atoms with Crippen molar-refractivity contribution < 1.29 is 14.6 Å². The van der Waals surface area contributed by atoms with Gasteiger partial charge >= 0.3 is 0 Å². The predicted octanol–water partition coefficient (Wildman–Crippen LogP) is 0.735. The van der Waals surface area contributed by atoms with Crippen LogP contribution in [-0.2, 0) is 0 Å². The minimum atomic E-state index is -0.699. The van der Waals surface area contributed by atoms with Crippen molar-refractivity contribution in [2.24, 2.45) is 0 Å². The van der Waals surface area contributed by atoms with Gasteiger partial charge in [-0.15, -0.1) is 0 Å². The molecule has 92 valence electrons. The number of nitrogens with one attached hydrogen (secondary N) is 1. The average Bonchev–Trinajstić information content (AvgIpc) is 2.33. The highest BCUT2D eigenvalue weighted by Crippen LogP contribution is 2.30. The number of ether oxygens (including phenoxy) is 1. The van der Waals surface area contributed by atoms with Gasteiger partial charge in [0.25, 0.3) is 5.91 Å². The number of hydrogen-bond donors (Lipinski definition) is 2. The summed E-state index contributed by atoms with van der Waals surface area (Å²) in [5, 5.41) is 12.5. The summed E-state index contributed by atoms with van der Waals surface area (Å²) in [6.07, 6.45) is 4.00. The summed E-state index contributed by atoms with van der Waals surface area (Å²) < 4.78 is 4.91. The van der Waals surface area contributed by atoms with Crippen LogP contribution in [0.15, 0.2) is 18.3 Å². The van der Waals surface area contributed by atoms with Crippen molar-refractivity contribution >= 4 is 5.91 Å². The van der Waals surface area contributed by atoms with E-state index in [1.54, 1.807) is 12.1 Å². The fraction of sp³-hybridized carbons (Fsp3) is 0.500. The van der Waals surface area contributed by atoms with Gasteiger partial charge in [0.1, 0.15) is 0 Å². The van der Waals surface area contributed by atoms with Gasteiger partial charge in [-0.05, 0) is 25.3 Å². The van der Waals surface area contributed by atoms with E-state index in [4.69, 9.17) is 4.74 Å². The molecule has 0 radical (unpaired) electrons. The molecule has 1 saturated carbocycles. The molecule has 1 heterocycles. The molecule has 1 aromatic rings. The summed E-state index contributed by atoms with van der Waals surface area (Å²) in [5.74, 6) is 0.250. The van der Waals surface area contributed by atoms with Crippen LogP contribution in [0.5, 0.6) is 5.88 Å². The average molecular weight is 236 g/mol. The summed E-state index contributed by atoms with van der Waals surface area (Å²) in [6.45, 7) is 0.303. The monoisotopic (exact) mass is 236 g/mol. The zero-order valence-electron chi connectivity index (χ0n) is 9.77. The van der Waals surface area contributed by atoms with E-state index in [-0.39, 0.29) is 5.91 Å². The molecule has 0 spiro atoms. The van der Waals surface area contributed by atoms with Crippen molar-refractivity contribution in [3.8, 4) is 5.88 Å². The van der Waals surface area contributed by atoms with E-state index in [0.29, 0.717) is 18.0 Å². The maximum absolute atomic E-state index is 11.7. The van der Waals surface area contributed by atoms with Crippen LogP contribution in [0.4, 0.5) is 0 Å². The van der Waals surface area contributed by atoms with Gasteiger partial charge in [-0.1, -0.05) is 0 Å². The molecule has 0 aromatic carbocycles. The van der Waals surface area contributed by atoms with Crippen molar-refractivity contribution in [1.82, 2.24) is 10.3 Å². The van der Waals surface area contributed by atoms with E-state index in [0.717, 1.165) is 19.3 Å². The largest absolute Gasteiger partial charge is 0.481 e. The fourth-order valence-corrected chi connectivity index (χ4v) is 1.74. The van der Waals surface area contributed by atoms with Gasteiger partial charge in [0, 0.05) is 18.8 Å². The molecule has 0 aliphatic heterocycles. The standard InChI is InChI=1S/C12H16N2O3/c1-17-10-4-3-9(7-13-10)11(15)14-8-12(16)5-2-6-12/h3-4,7,16H,2,5-6,8H2,1H3,(H,14,15).